The zero-order chi connectivity index (χ0) is 21.6. The molecule has 31 heavy (non-hydrogen) atoms. The van der Waals surface area contributed by atoms with E-state index in [1.54, 1.807) is 27.8 Å². The summed E-state index contributed by atoms with van der Waals surface area (Å²) >= 11 is 0. The minimum atomic E-state index is -0.449. The third-order valence-corrected chi connectivity index (χ3v) is 5.07. The van der Waals surface area contributed by atoms with Crippen LogP contribution in [0.2, 0.25) is 0 Å². The van der Waals surface area contributed by atoms with Crippen LogP contribution in [0.4, 0.5) is 14.9 Å². The van der Waals surface area contributed by atoms with Gasteiger partial charge in [0.15, 0.2) is 5.82 Å². The molecule has 1 fully saturated rings. The van der Waals surface area contributed by atoms with E-state index >= 15 is 0 Å². The van der Waals surface area contributed by atoms with Crippen molar-refractivity contribution < 1.29 is 13.9 Å². The Hall–Kier alpha value is -3.53. The molecule has 0 saturated carbocycles. The van der Waals surface area contributed by atoms with Gasteiger partial charge in [0.25, 0.3) is 0 Å². The summed E-state index contributed by atoms with van der Waals surface area (Å²) in [6.07, 6.45) is 0. The van der Waals surface area contributed by atoms with Gasteiger partial charge >= 0.3 is 6.03 Å². The van der Waals surface area contributed by atoms with Crippen LogP contribution in [-0.2, 0) is 6.54 Å². The molecule has 0 aliphatic carbocycles. The Bertz CT molecular complexity index is 1020. The number of para-hydroxylation sites is 1. The fourth-order valence-electron chi connectivity index (χ4n) is 3.42. The zero-order valence-electron chi connectivity index (χ0n) is 17.2. The maximum absolute atomic E-state index is 13.8. The largest absolute Gasteiger partial charge is 0.494 e. The first-order valence-electron chi connectivity index (χ1n) is 10.2. The van der Waals surface area contributed by atoms with E-state index in [4.69, 9.17) is 4.74 Å². The Labute approximate surface area is 179 Å². The van der Waals surface area contributed by atoms with E-state index in [0.29, 0.717) is 45.2 Å². The van der Waals surface area contributed by atoms with Gasteiger partial charge in [-0.3, -0.25) is 4.90 Å². The van der Waals surface area contributed by atoms with Gasteiger partial charge in [-0.15, -0.1) is 5.10 Å². The summed E-state index contributed by atoms with van der Waals surface area (Å²) in [6.45, 7) is 5.51. The predicted octanol–water partition coefficient (Wildman–Crippen LogP) is 2.55. The van der Waals surface area contributed by atoms with Gasteiger partial charge in [0.2, 0.25) is 0 Å². The van der Waals surface area contributed by atoms with Gasteiger partial charge in [0, 0.05) is 26.2 Å². The van der Waals surface area contributed by atoms with E-state index in [0.717, 1.165) is 11.4 Å². The number of nitrogens with one attached hydrogen (secondary N) is 1. The normalized spacial score (nSPS) is 14.5. The van der Waals surface area contributed by atoms with Crippen LogP contribution in [0.25, 0.3) is 5.69 Å². The van der Waals surface area contributed by atoms with E-state index in [9.17, 15) is 9.18 Å². The number of tetrazole rings is 1. The summed E-state index contributed by atoms with van der Waals surface area (Å²) in [5.41, 5.74) is 1.04. The second kappa shape index (κ2) is 9.52. The summed E-state index contributed by atoms with van der Waals surface area (Å²) < 4.78 is 20.9. The van der Waals surface area contributed by atoms with Gasteiger partial charge in [-0.05, 0) is 53.7 Å². The molecule has 1 aliphatic heterocycles. The molecule has 9 nitrogen and oxygen atoms in total. The molecular weight excluding hydrogens is 401 g/mol. The first kappa shape index (κ1) is 20.7. The summed E-state index contributed by atoms with van der Waals surface area (Å²) in [5.74, 6) is 1.06. The van der Waals surface area contributed by atoms with E-state index in [2.05, 4.69) is 25.7 Å². The number of piperazine rings is 1. The highest BCUT2D eigenvalue weighted by atomic mass is 19.1. The number of hydrogen-bond donors (Lipinski definition) is 1. The maximum atomic E-state index is 13.8. The molecule has 3 aromatic rings. The zero-order valence-corrected chi connectivity index (χ0v) is 17.2. The fraction of sp³-hybridized carbons (Fsp3) is 0.333. The highest BCUT2D eigenvalue weighted by molar-refractivity contribution is 5.89. The topological polar surface area (TPSA) is 88.4 Å². The standard InChI is InChI=1S/C21H24FN7O2/c1-2-31-17-9-7-16(8-10-17)29-20(24-25-26-29)15-27-11-13-28(14-12-27)21(30)23-19-6-4-3-5-18(19)22/h3-10H,2,11-15H2,1H3,(H,23,30). The number of ether oxygens (including phenoxy) is 1. The second-order valence-electron chi connectivity index (χ2n) is 7.11. The van der Waals surface area contributed by atoms with Crippen molar-refractivity contribution in [3.05, 3.63) is 60.2 Å². The Morgan fingerprint density at radius 1 is 1.10 bits per heavy atom. The van der Waals surface area contributed by atoms with Gasteiger partial charge < -0.3 is 15.0 Å². The van der Waals surface area contributed by atoms with Crippen molar-refractivity contribution in [2.24, 2.45) is 0 Å². The molecule has 0 atom stereocenters. The Morgan fingerprint density at radius 2 is 1.84 bits per heavy atom. The molecule has 0 radical (unpaired) electrons. The highest BCUT2D eigenvalue weighted by Gasteiger charge is 2.23. The molecule has 0 spiro atoms. The predicted molar refractivity (Wildman–Crippen MR) is 113 cm³/mol. The third kappa shape index (κ3) is 4.97. The minimum Gasteiger partial charge on any atom is -0.494 e. The molecule has 2 heterocycles. The van der Waals surface area contributed by atoms with Gasteiger partial charge in [0.1, 0.15) is 11.6 Å². The molecule has 1 aromatic heterocycles. The number of aromatic nitrogens is 4. The summed E-state index contributed by atoms with van der Waals surface area (Å²) in [6, 6.07) is 13.4. The molecule has 0 bridgehead atoms. The number of urea groups is 1. The van der Waals surface area contributed by atoms with Crippen molar-refractivity contribution in [2.75, 3.05) is 38.1 Å². The number of nitrogens with zero attached hydrogens (tertiary/aromatic N) is 6. The lowest BCUT2D eigenvalue weighted by Gasteiger charge is -2.34. The monoisotopic (exact) mass is 425 g/mol. The first-order valence-corrected chi connectivity index (χ1v) is 10.2. The van der Waals surface area contributed by atoms with Crippen molar-refractivity contribution in [3.8, 4) is 11.4 Å². The van der Waals surface area contributed by atoms with Crippen LogP contribution < -0.4 is 10.1 Å². The number of amides is 2. The van der Waals surface area contributed by atoms with Gasteiger partial charge in [-0.1, -0.05) is 12.1 Å². The van der Waals surface area contributed by atoms with Crippen molar-refractivity contribution >= 4 is 11.7 Å². The van der Waals surface area contributed by atoms with E-state index < -0.39 is 5.82 Å². The van der Waals surface area contributed by atoms with E-state index in [1.165, 1.54) is 6.07 Å². The van der Waals surface area contributed by atoms with Crippen LogP contribution in [-0.4, -0.2) is 68.8 Å². The lowest BCUT2D eigenvalue weighted by atomic mass is 10.3. The lowest BCUT2D eigenvalue weighted by molar-refractivity contribution is 0.140. The second-order valence-corrected chi connectivity index (χ2v) is 7.11. The summed E-state index contributed by atoms with van der Waals surface area (Å²) in [7, 11) is 0. The molecule has 0 unspecified atom stereocenters. The smallest absolute Gasteiger partial charge is 0.322 e. The molecule has 1 saturated heterocycles. The van der Waals surface area contributed by atoms with Crippen LogP contribution in [0.1, 0.15) is 12.7 Å². The van der Waals surface area contributed by atoms with Gasteiger partial charge in [-0.2, -0.15) is 4.68 Å². The molecule has 1 aliphatic rings. The molecule has 1 N–H and O–H groups in total. The lowest BCUT2D eigenvalue weighted by Crippen LogP contribution is -2.49. The summed E-state index contributed by atoms with van der Waals surface area (Å²) in [4.78, 5) is 16.3. The van der Waals surface area contributed by atoms with E-state index in [1.807, 2.05) is 31.2 Å². The average Bonchev–Trinajstić information content (AvgIpc) is 3.25. The van der Waals surface area contributed by atoms with Gasteiger partial charge in [-0.25, -0.2) is 9.18 Å². The Kier molecular flexibility index (Phi) is 6.37. The molecular formula is C21H24FN7O2. The number of carbonyl (C=O) groups excluding carboxylic acids is 1. The van der Waals surface area contributed by atoms with Crippen LogP contribution in [0.15, 0.2) is 48.5 Å². The maximum Gasteiger partial charge on any atom is 0.322 e. The molecule has 10 heteroatoms. The quantitative estimate of drug-likeness (QED) is 0.653. The average molecular weight is 425 g/mol. The summed E-state index contributed by atoms with van der Waals surface area (Å²) in [5, 5.41) is 14.7. The van der Waals surface area contributed by atoms with Crippen LogP contribution in [0, 0.1) is 5.82 Å². The Morgan fingerprint density at radius 3 is 2.55 bits per heavy atom. The molecule has 4 rings (SSSR count). The van der Waals surface area contributed by atoms with Gasteiger partial charge in [0.05, 0.1) is 24.5 Å². The number of benzene rings is 2. The number of carbonyl (C=O) groups is 1. The molecule has 2 amide bonds. The number of halogens is 1. The van der Waals surface area contributed by atoms with E-state index in [-0.39, 0.29) is 11.7 Å². The molecule has 2 aromatic carbocycles. The number of hydrogen-bond acceptors (Lipinski definition) is 6. The number of rotatable bonds is 6. The van der Waals surface area contributed by atoms with Crippen molar-refractivity contribution in [1.82, 2.24) is 30.0 Å². The van der Waals surface area contributed by atoms with Crippen molar-refractivity contribution in [3.63, 3.8) is 0 Å². The van der Waals surface area contributed by atoms with Crippen molar-refractivity contribution in [1.29, 1.82) is 0 Å². The van der Waals surface area contributed by atoms with Crippen molar-refractivity contribution in [2.45, 2.75) is 13.5 Å². The fourth-order valence-corrected chi connectivity index (χ4v) is 3.42. The Balaban J connectivity index is 1.33. The van der Waals surface area contributed by atoms with Crippen LogP contribution >= 0.6 is 0 Å². The SMILES string of the molecule is CCOc1ccc(-n2nnnc2CN2CCN(C(=O)Nc3ccccc3F)CC2)cc1. The minimum absolute atomic E-state index is 0.185. The molecule has 162 valence electrons. The number of anilines is 1. The highest BCUT2D eigenvalue weighted by Crippen LogP contribution is 2.17. The third-order valence-electron chi connectivity index (χ3n) is 5.07. The van der Waals surface area contributed by atoms with Crippen LogP contribution in [0.3, 0.4) is 0 Å². The first-order chi connectivity index (χ1) is 15.1. The van der Waals surface area contributed by atoms with Crippen LogP contribution in [0.5, 0.6) is 5.75 Å².